The van der Waals surface area contributed by atoms with Crippen molar-refractivity contribution < 1.29 is 9.53 Å². The number of rotatable bonds is 5. The van der Waals surface area contributed by atoms with Crippen LogP contribution in [-0.2, 0) is 0 Å². The first-order valence-corrected chi connectivity index (χ1v) is 6.55. The quantitative estimate of drug-likeness (QED) is 0.609. The molecule has 88 valence electrons. The minimum absolute atomic E-state index is 0.122. The molecule has 0 spiro atoms. The SMILES string of the molecule is CCCOc1cc(C)c(C(=O)CBr)c(C)c1. The van der Waals surface area contributed by atoms with Gasteiger partial charge < -0.3 is 4.74 Å². The Kier molecular flexibility index (Phi) is 5.00. The molecule has 3 heteroatoms. The number of benzene rings is 1. The molecular formula is C13H17BrO2. The van der Waals surface area contributed by atoms with Gasteiger partial charge >= 0.3 is 0 Å². The molecule has 0 radical (unpaired) electrons. The first-order valence-electron chi connectivity index (χ1n) is 5.43. The zero-order valence-electron chi connectivity index (χ0n) is 9.97. The van der Waals surface area contributed by atoms with Gasteiger partial charge in [-0.05, 0) is 43.5 Å². The molecule has 16 heavy (non-hydrogen) atoms. The molecule has 0 unspecified atom stereocenters. The summed E-state index contributed by atoms with van der Waals surface area (Å²) in [6.45, 7) is 6.68. The molecule has 0 aromatic heterocycles. The van der Waals surface area contributed by atoms with Crippen LogP contribution in [0.5, 0.6) is 5.75 Å². The first-order chi connectivity index (χ1) is 7.60. The van der Waals surface area contributed by atoms with Gasteiger partial charge in [0, 0.05) is 5.56 Å². The zero-order chi connectivity index (χ0) is 12.1. The van der Waals surface area contributed by atoms with E-state index in [1.54, 1.807) is 0 Å². The van der Waals surface area contributed by atoms with E-state index in [2.05, 4.69) is 22.9 Å². The largest absolute Gasteiger partial charge is 0.494 e. The molecule has 0 heterocycles. The Morgan fingerprint density at radius 2 is 1.88 bits per heavy atom. The average Bonchev–Trinajstić information content (AvgIpc) is 2.25. The smallest absolute Gasteiger partial charge is 0.173 e. The first kappa shape index (κ1) is 13.2. The average molecular weight is 285 g/mol. The van der Waals surface area contributed by atoms with Crippen LogP contribution in [0.2, 0.25) is 0 Å². The van der Waals surface area contributed by atoms with Gasteiger partial charge in [-0.25, -0.2) is 0 Å². The summed E-state index contributed by atoms with van der Waals surface area (Å²) >= 11 is 3.20. The summed E-state index contributed by atoms with van der Waals surface area (Å²) in [6, 6.07) is 3.86. The summed E-state index contributed by atoms with van der Waals surface area (Å²) in [4.78, 5) is 11.7. The van der Waals surface area contributed by atoms with Crippen molar-refractivity contribution in [2.24, 2.45) is 0 Å². The van der Waals surface area contributed by atoms with Gasteiger partial charge in [0.2, 0.25) is 0 Å². The second kappa shape index (κ2) is 6.04. The van der Waals surface area contributed by atoms with Crippen LogP contribution >= 0.6 is 15.9 Å². The fraction of sp³-hybridized carbons (Fsp3) is 0.462. The summed E-state index contributed by atoms with van der Waals surface area (Å²) in [5.41, 5.74) is 2.77. The third kappa shape index (κ3) is 3.08. The Labute approximate surface area is 105 Å². The molecule has 1 aromatic rings. The van der Waals surface area contributed by atoms with E-state index in [-0.39, 0.29) is 5.78 Å². The maximum atomic E-state index is 11.7. The highest BCUT2D eigenvalue weighted by Gasteiger charge is 2.12. The lowest BCUT2D eigenvalue weighted by atomic mass is 9.99. The lowest BCUT2D eigenvalue weighted by molar-refractivity contribution is 0.102. The molecule has 0 bridgehead atoms. The van der Waals surface area contributed by atoms with Gasteiger partial charge in [0.1, 0.15) is 5.75 Å². The van der Waals surface area contributed by atoms with E-state index in [9.17, 15) is 4.79 Å². The number of Topliss-reactive ketones (excluding diaryl/α,β-unsaturated/α-hetero) is 1. The molecule has 0 atom stereocenters. The summed E-state index contributed by atoms with van der Waals surface area (Å²) < 4.78 is 5.56. The monoisotopic (exact) mass is 284 g/mol. The molecule has 1 aromatic carbocycles. The van der Waals surface area contributed by atoms with Crippen LogP contribution < -0.4 is 4.74 Å². The second-order valence-electron chi connectivity index (χ2n) is 3.84. The van der Waals surface area contributed by atoms with Crippen LogP contribution in [0.1, 0.15) is 34.8 Å². The van der Waals surface area contributed by atoms with E-state index in [4.69, 9.17) is 4.74 Å². The number of alkyl halides is 1. The minimum Gasteiger partial charge on any atom is -0.494 e. The molecule has 0 fully saturated rings. The summed E-state index contributed by atoms with van der Waals surface area (Å²) in [7, 11) is 0. The molecular weight excluding hydrogens is 268 g/mol. The van der Waals surface area contributed by atoms with Crippen molar-refractivity contribution in [1.82, 2.24) is 0 Å². The number of carbonyl (C=O) groups is 1. The Hall–Kier alpha value is -0.830. The summed E-state index contributed by atoms with van der Waals surface area (Å²) in [5.74, 6) is 0.972. The van der Waals surface area contributed by atoms with Crippen LogP contribution in [0, 0.1) is 13.8 Å². The van der Waals surface area contributed by atoms with Crippen molar-refractivity contribution in [2.75, 3.05) is 11.9 Å². The minimum atomic E-state index is 0.122. The fourth-order valence-electron chi connectivity index (χ4n) is 1.73. The molecule has 0 amide bonds. The predicted octanol–water partition coefficient (Wildman–Crippen LogP) is 3.67. The van der Waals surface area contributed by atoms with Gasteiger partial charge in [-0.2, -0.15) is 0 Å². The fourth-order valence-corrected chi connectivity index (χ4v) is 2.01. The van der Waals surface area contributed by atoms with Crippen LogP contribution in [0.3, 0.4) is 0 Å². The second-order valence-corrected chi connectivity index (χ2v) is 4.40. The maximum absolute atomic E-state index is 11.7. The number of hydrogen-bond donors (Lipinski definition) is 0. The maximum Gasteiger partial charge on any atom is 0.173 e. The van der Waals surface area contributed by atoms with Crippen molar-refractivity contribution in [2.45, 2.75) is 27.2 Å². The molecule has 2 nitrogen and oxygen atoms in total. The van der Waals surface area contributed by atoms with Gasteiger partial charge in [-0.15, -0.1) is 0 Å². The topological polar surface area (TPSA) is 26.3 Å². The lowest BCUT2D eigenvalue weighted by Crippen LogP contribution is -2.06. The number of aryl methyl sites for hydroxylation is 2. The van der Waals surface area contributed by atoms with Crippen molar-refractivity contribution >= 4 is 21.7 Å². The normalized spacial score (nSPS) is 10.2. The third-order valence-corrected chi connectivity index (χ3v) is 2.89. The predicted molar refractivity (Wildman–Crippen MR) is 69.8 cm³/mol. The molecule has 0 saturated heterocycles. The van der Waals surface area contributed by atoms with Gasteiger partial charge in [0.25, 0.3) is 0 Å². The van der Waals surface area contributed by atoms with Crippen molar-refractivity contribution in [3.8, 4) is 5.75 Å². The van der Waals surface area contributed by atoms with E-state index in [0.717, 1.165) is 28.9 Å². The van der Waals surface area contributed by atoms with E-state index < -0.39 is 0 Å². The summed E-state index contributed by atoms with van der Waals surface area (Å²) in [6.07, 6.45) is 0.986. The van der Waals surface area contributed by atoms with Crippen molar-refractivity contribution in [1.29, 1.82) is 0 Å². The lowest BCUT2D eigenvalue weighted by Gasteiger charge is -2.11. The highest BCUT2D eigenvalue weighted by Crippen LogP contribution is 2.23. The van der Waals surface area contributed by atoms with Gasteiger partial charge in [-0.1, -0.05) is 22.9 Å². The highest BCUT2D eigenvalue weighted by molar-refractivity contribution is 9.09. The third-order valence-electron chi connectivity index (χ3n) is 2.38. The highest BCUT2D eigenvalue weighted by atomic mass is 79.9. The van der Waals surface area contributed by atoms with E-state index in [1.165, 1.54) is 0 Å². The molecule has 0 saturated carbocycles. The van der Waals surface area contributed by atoms with Crippen LogP contribution in [-0.4, -0.2) is 17.7 Å². The van der Waals surface area contributed by atoms with Crippen LogP contribution in [0.15, 0.2) is 12.1 Å². The standard InChI is InChI=1S/C13H17BrO2/c1-4-5-16-11-6-9(2)13(10(3)7-11)12(15)8-14/h6-7H,4-5,8H2,1-3H3. The Morgan fingerprint density at radius 1 is 1.31 bits per heavy atom. The number of halogens is 1. The Bertz CT molecular complexity index is 363. The van der Waals surface area contributed by atoms with Gasteiger partial charge in [-0.3, -0.25) is 4.79 Å². The number of ketones is 1. The van der Waals surface area contributed by atoms with Gasteiger partial charge in [0.15, 0.2) is 5.78 Å². The summed E-state index contributed by atoms with van der Waals surface area (Å²) in [5, 5.41) is 0.365. The van der Waals surface area contributed by atoms with Crippen LogP contribution in [0.4, 0.5) is 0 Å². The molecule has 1 rings (SSSR count). The van der Waals surface area contributed by atoms with E-state index in [1.807, 2.05) is 26.0 Å². The number of carbonyl (C=O) groups excluding carboxylic acids is 1. The Morgan fingerprint density at radius 3 is 2.31 bits per heavy atom. The van der Waals surface area contributed by atoms with Crippen LogP contribution in [0.25, 0.3) is 0 Å². The van der Waals surface area contributed by atoms with E-state index in [0.29, 0.717) is 11.9 Å². The zero-order valence-corrected chi connectivity index (χ0v) is 11.6. The molecule has 0 aliphatic heterocycles. The van der Waals surface area contributed by atoms with Crippen molar-refractivity contribution in [3.63, 3.8) is 0 Å². The Balaban J connectivity index is 3.02. The van der Waals surface area contributed by atoms with Gasteiger partial charge in [0.05, 0.1) is 11.9 Å². The molecule has 0 N–H and O–H groups in total. The molecule has 0 aliphatic carbocycles. The number of hydrogen-bond acceptors (Lipinski definition) is 2. The number of ether oxygens (including phenoxy) is 1. The van der Waals surface area contributed by atoms with E-state index >= 15 is 0 Å². The molecule has 0 aliphatic rings. The van der Waals surface area contributed by atoms with Crippen molar-refractivity contribution in [3.05, 3.63) is 28.8 Å².